The smallest absolute Gasteiger partial charge is 0.378 e. The predicted molar refractivity (Wildman–Crippen MR) is 63.4 cm³/mol. The van der Waals surface area contributed by atoms with Gasteiger partial charge in [-0.1, -0.05) is 0 Å². The normalized spacial score (nSPS) is 31.4. The van der Waals surface area contributed by atoms with E-state index in [-0.39, 0.29) is 19.1 Å². The van der Waals surface area contributed by atoms with Gasteiger partial charge >= 0.3 is 6.18 Å². The molecule has 108 valence electrons. The van der Waals surface area contributed by atoms with Crippen LogP contribution >= 0.6 is 0 Å². The second kappa shape index (κ2) is 5.68. The molecule has 0 heterocycles. The van der Waals surface area contributed by atoms with Crippen LogP contribution in [-0.4, -0.2) is 30.5 Å². The summed E-state index contributed by atoms with van der Waals surface area (Å²) >= 11 is 0. The van der Waals surface area contributed by atoms with Crippen LogP contribution in [0.2, 0.25) is 0 Å². The summed E-state index contributed by atoms with van der Waals surface area (Å²) in [6.07, 6.45) is -0.711. The van der Waals surface area contributed by atoms with Crippen LogP contribution in [0.3, 0.4) is 0 Å². The van der Waals surface area contributed by atoms with Gasteiger partial charge in [0.2, 0.25) is 0 Å². The minimum atomic E-state index is -4.11. The van der Waals surface area contributed by atoms with Gasteiger partial charge in [-0.25, -0.2) is 0 Å². The summed E-state index contributed by atoms with van der Waals surface area (Å²) in [7, 11) is 0. The Bertz CT molecular complexity index is 349. The number of nitrogens with zero attached hydrogens (tertiary/aromatic N) is 1. The van der Waals surface area contributed by atoms with E-state index in [0.717, 1.165) is 25.7 Å². The van der Waals surface area contributed by atoms with Gasteiger partial charge in [0, 0.05) is 25.5 Å². The number of hydrogen-bond donors (Lipinski definition) is 1. The van der Waals surface area contributed by atoms with Crippen LogP contribution in [0.25, 0.3) is 0 Å². The Hall–Kier alpha value is -0.800. The second-order valence-corrected chi connectivity index (χ2v) is 5.57. The molecule has 0 aromatic rings. The van der Waals surface area contributed by atoms with Crippen molar-refractivity contribution < 1.29 is 17.9 Å². The largest absolute Gasteiger partial charge is 0.389 e. The van der Waals surface area contributed by atoms with Crippen LogP contribution < -0.4 is 5.32 Å². The van der Waals surface area contributed by atoms with Crippen LogP contribution in [0, 0.1) is 11.3 Å². The fraction of sp³-hybridized carbons (Fsp3) is 0.923. The molecule has 19 heavy (non-hydrogen) atoms. The molecular weight excluding hydrogens is 257 g/mol. The lowest BCUT2D eigenvalue weighted by Crippen LogP contribution is -2.43. The molecular formula is C13H19F3N2O. The third kappa shape index (κ3) is 4.66. The maximum absolute atomic E-state index is 12.0. The Morgan fingerprint density at radius 2 is 2.05 bits per heavy atom. The Morgan fingerprint density at radius 1 is 1.32 bits per heavy atom. The standard InChI is InChI=1S/C13H19F3N2O/c14-13(15,16)5-1-7-19-11-4-6-12(8-11,9-17)18-10-2-3-10/h10-11,18H,1-8H2. The highest BCUT2D eigenvalue weighted by Crippen LogP contribution is 2.35. The average molecular weight is 276 g/mol. The van der Waals surface area contributed by atoms with Gasteiger partial charge in [-0.2, -0.15) is 18.4 Å². The lowest BCUT2D eigenvalue weighted by Gasteiger charge is -2.22. The monoisotopic (exact) mass is 276 g/mol. The Morgan fingerprint density at radius 3 is 2.63 bits per heavy atom. The van der Waals surface area contributed by atoms with E-state index in [2.05, 4.69) is 11.4 Å². The van der Waals surface area contributed by atoms with Gasteiger partial charge in [0.25, 0.3) is 0 Å². The first-order valence-corrected chi connectivity index (χ1v) is 6.80. The first kappa shape index (κ1) is 14.6. The SMILES string of the molecule is N#CC1(NC2CC2)CCC(OCCCC(F)(F)F)C1. The zero-order chi connectivity index (χ0) is 13.9. The van der Waals surface area contributed by atoms with Crippen molar-refractivity contribution in [3.63, 3.8) is 0 Å². The van der Waals surface area contributed by atoms with Crippen LogP contribution in [0.1, 0.15) is 44.9 Å². The molecule has 2 aliphatic carbocycles. The van der Waals surface area contributed by atoms with E-state index in [1.54, 1.807) is 0 Å². The van der Waals surface area contributed by atoms with Gasteiger partial charge in [-0.3, -0.25) is 5.32 Å². The molecule has 0 aromatic heterocycles. The van der Waals surface area contributed by atoms with Crippen LogP contribution in [-0.2, 0) is 4.74 Å². The van der Waals surface area contributed by atoms with Crippen molar-refractivity contribution in [1.82, 2.24) is 5.32 Å². The number of rotatable bonds is 6. The molecule has 0 spiro atoms. The van der Waals surface area contributed by atoms with Gasteiger partial charge < -0.3 is 4.74 Å². The fourth-order valence-electron chi connectivity index (χ4n) is 2.55. The molecule has 6 heteroatoms. The quantitative estimate of drug-likeness (QED) is 0.759. The molecule has 2 atom stereocenters. The molecule has 0 aliphatic heterocycles. The van der Waals surface area contributed by atoms with E-state index in [9.17, 15) is 18.4 Å². The highest BCUT2D eigenvalue weighted by Gasteiger charge is 2.43. The molecule has 0 amide bonds. The van der Waals surface area contributed by atoms with Crippen LogP contribution in [0.5, 0.6) is 0 Å². The minimum Gasteiger partial charge on any atom is -0.378 e. The topological polar surface area (TPSA) is 45.0 Å². The van der Waals surface area contributed by atoms with Crippen molar-refractivity contribution in [3.05, 3.63) is 0 Å². The van der Waals surface area contributed by atoms with Crippen molar-refractivity contribution in [2.75, 3.05) is 6.61 Å². The summed E-state index contributed by atoms with van der Waals surface area (Å²) in [4.78, 5) is 0. The van der Waals surface area contributed by atoms with E-state index in [1.807, 2.05) is 0 Å². The lowest BCUT2D eigenvalue weighted by molar-refractivity contribution is -0.138. The minimum absolute atomic E-state index is 0.00436. The zero-order valence-corrected chi connectivity index (χ0v) is 10.8. The molecule has 0 saturated heterocycles. The van der Waals surface area contributed by atoms with E-state index < -0.39 is 18.1 Å². The van der Waals surface area contributed by atoms with Crippen molar-refractivity contribution in [2.45, 2.75) is 68.8 Å². The van der Waals surface area contributed by atoms with Crippen LogP contribution in [0.15, 0.2) is 0 Å². The third-order valence-corrected chi connectivity index (χ3v) is 3.70. The number of alkyl halides is 3. The Balaban J connectivity index is 1.68. The summed E-state index contributed by atoms with van der Waals surface area (Å²) in [6.45, 7) is 0.120. The van der Waals surface area contributed by atoms with Gasteiger partial charge in [-0.15, -0.1) is 0 Å². The number of nitriles is 1. The van der Waals surface area contributed by atoms with Gasteiger partial charge in [-0.05, 0) is 32.1 Å². The molecule has 2 unspecified atom stereocenters. The van der Waals surface area contributed by atoms with Crippen molar-refractivity contribution in [3.8, 4) is 6.07 Å². The summed E-state index contributed by atoms with van der Waals surface area (Å²) < 4.78 is 41.4. The van der Waals surface area contributed by atoms with E-state index in [0.29, 0.717) is 12.5 Å². The second-order valence-electron chi connectivity index (χ2n) is 5.57. The predicted octanol–water partition coefficient (Wildman–Crippen LogP) is 2.91. The molecule has 0 bridgehead atoms. The van der Waals surface area contributed by atoms with Gasteiger partial charge in [0.1, 0.15) is 5.54 Å². The molecule has 2 saturated carbocycles. The Kier molecular flexibility index (Phi) is 4.36. The van der Waals surface area contributed by atoms with Gasteiger partial charge in [0.15, 0.2) is 0 Å². The van der Waals surface area contributed by atoms with E-state index in [4.69, 9.17) is 4.74 Å². The maximum Gasteiger partial charge on any atom is 0.389 e. The van der Waals surface area contributed by atoms with Gasteiger partial charge in [0.05, 0.1) is 12.2 Å². The molecule has 2 rings (SSSR count). The fourth-order valence-corrected chi connectivity index (χ4v) is 2.55. The average Bonchev–Trinajstić information content (AvgIpc) is 3.04. The summed E-state index contributed by atoms with van der Waals surface area (Å²) in [6, 6.07) is 2.77. The number of ether oxygens (including phenoxy) is 1. The lowest BCUT2D eigenvalue weighted by atomic mass is 9.99. The number of nitrogens with one attached hydrogen (secondary N) is 1. The first-order valence-electron chi connectivity index (χ1n) is 6.80. The summed E-state index contributed by atoms with van der Waals surface area (Å²) in [5.74, 6) is 0. The van der Waals surface area contributed by atoms with Crippen molar-refractivity contribution >= 4 is 0 Å². The molecule has 2 aliphatic rings. The summed E-state index contributed by atoms with van der Waals surface area (Å²) in [5, 5.41) is 12.6. The number of hydrogen-bond acceptors (Lipinski definition) is 3. The summed E-state index contributed by atoms with van der Waals surface area (Å²) in [5.41, 5.74) is -0.518. The molecule has 3 nitrogen and oxygen atoms in total. The maximum atomic E-state index is 12.0. The van der Waals surface area contributed by atoms with Crippen molar-refractivity contribution in [2.24, 2.45) is 0 Å². The third-order valence-electron chi connectivity index (χ3n) is 3.70. The highest BCUT2D eigenvalue weighted by molar-refractivity contribution is 5.14. The van der Waals surface area contributed by atoms with Crippen molar-refractivity contribution in [1.29, 1.82) is 5.26 Å². The highest BCUT2D eigenvalue weighted by atomic mass is 19.4. The van der Waals surface area contributed by atoms with E-state index in [1.165, 1.54) is 0 Å². The molecule has 0 aromatic carbocycles. The number of halogens is 3. The molecule has 0 radical (unpaired) electrons. The molecule has 2 fully saturated rings. The first-order chi connectivity index (χ1) is 8.92. The van der Waals surface area contributed by atoms with E-state index >= 15 is 0 Å². The molecule has 1 N–H and O–H groups in total. The zero-order valence-electron chi connectivity index (χ0n) is 10.8. The Labute approximate surface area is 111 Å². The van der Waals surface area contributed by atoms with Crippen LogP contribution in [0.4, 0.5) is 13.2 Å².